The van der Waals surface area contributed by atoms with Crippen LogP contribution in [-0.2, 0) is 11.7 Å². The number of tetrazole rings is 1. The monoisotopic (exact) mass is 400 g/mol. The number of hydrogen-bond donors (Lipinski definition) is 1. The largest absolute Gasteiger partial charge is 0.416 e. The molecule has 0 spiro atoms. The van der Waals surface area contributed by atoms with Gasteiger partial charge in [0.05, 0.1) is 24.2 Å². The van der Waals surface area contributed by atoms with Gasteiger partial charge in [-0.3, -0.25) is 0 Å². The highest BCUT2D eigenvalue weighted by molar-refractivity contribution is 7.99. The van der Waals surface area contributed by atoms with Gasteiger partial charge in [0.25, 0.3) is 0 Å². The lowest BCUT2D eigenvalue weighted by Crippen LogP contribution is -3.14. The molecule has 0 saturated carbocycles. The van der Waals surface area contributed by atoms with Gasteiger partial charge >= 0.3 is 6.18 Å². The van der Waals surface area contributed by atoms with Crippen LogP contribution in [0.2, 0.25) is 0 Å². The molecule has 1 aromatic heterocycles. The lowest BCUT2D eigenvalue weighted by molar-refractivity contribution is -0.922. The summed E-state index contributed by atoms with van der Waals surface area (Å²) in [7, 11) is 0. The van der Waals surface area contributed by atoms with E-state index in [0.717, 1.165) is 37.1 Å². The molecule has 0 amide bonds. The van der Waals surface area contributed by atoms with Crippen molar-refractivity contribution in [2.45, 2.75) is 44.9 Å². The van der Waals surface area contributed by atoms with Crippen molar-refractivity contribution < 1.29 is 18.1 Å². The van der Waals surface area contributed by atoms with E-state index in [1.54, 1.807) is 10.7 Å². The number of hydrogen-bond acceptors (Lipinski definition) is 4. The van der Waals surface area contributed by atoms with E-state index in [0.29, 0.717) is 11.4 Å². The Morgan fingerprint density at radius 1 is 1.22 bits per heavy atom. The molecular weight excluding hydrogens is 375 g/mol. The summed E-state index contributed by atoms with van der Waals surface area (Å²) in [5.41, 5.74) is -0.345. The van der Waals surface area contributed by atoms with E-state index in [1.165, 1.54) is 17.0 Å². The molecule has 148 valence electrons. The summed E-state index contributed by atoms with van der Waals surface area (Å²) in [6.07, 6.45) is -3.56. The fourth-order valence-corrected chi connectivity index (χ4v) is 4.36. The number of alkyl halides is 3. The molecule has 0 unspecified atom stereocenters. The summed E-state index contributed by atoms with van der Waals surface area (Å²) in [6.45, 7) is 7.86. The normalized spacial score (nSPS) is 17.9. The lowest BCUT2D eigenvalue weighted by Gasteiger charge is -2.33. The van der Waals surface area contributed by atoms with Crippen LogP contribution in [0.1, 0.15) is 50.2 Å². The number of aromatic nitrogens is 4. The van der Waals surface area contributed by atoms with Gasteiger partial charge in [0.2, 0.25) is 5.82 Å². The molecule has 0 radical (unpaired) electrons. The Balaban J connectivity index is 2.10. The summed E-state index contributed by atoms with van der Waals surface area (Å²) >= 11 is 1.87. The summed E-state index contributed by atoms with van der Waals surface area (Å²) in [5, 5.41) is 12.3. The number of halogens is 3. The first-order valence-electron chi connectivity index (χ1n) is 9.12. The molecule has 1 aromatic carbocycles. The summed E-state index contributed by atoms with van der Waals surface area (Å²) in [5.74, 6) is 2.58. The second-order valence-electron chi connectivity index (χ2n) is 7.44. The fraction of sp³-hybridized carbons (Fsp3) is 0.611. The van der Waals surface area contributed by atoms with Crippen molar-refractivity contribution in [2.24, 2.45) is 0 Å². The van der Waals surface area contributed by atoms with Gasteiger partial charge in [-0.1, -0.05) is 19.1 Å². The molecule has 0 bridgehead atoms. The van der Waals surface area contributed by atoms with E-state index in [4.69, 9.17) is 0 Å². The Hall–Kier alpha value is -1.61. The average Bonchev–Trinajstić information content (AvgIpc) is 3.13. The molecule has 1 saturated heterocycles. The van der Waals surface area contributed by atoms with Crippen LogP contribution >= 0.6 is 11.8 Å². The first kappa shape index (κ1) is 20.1. The van der Waals surface area contributed by atoms with Gasteiger partial charge in [0.1, 0.15) is 0 Å². The molecule has 2 heterocycles. The van der Waals surface area contributed by atoms with Crippen molar-refractivity contribution in [2.75, 3.05) is 24.6 Å². The molecule has 3 rings (SSSR count). The molecule has 1 N–H and O–H groups in total. The highest BCUT2D eigenvalue weighted by atomic mass is 32.2. The van der Waals surface area contributed by atoms with Crippen LogP contribution in [0.5, 0.6) is 0 Å². The van der Waals surface area contributed by atoms with E-state index in [-0.39, 0.29) is 11.6 Å². The van der Waals surface area contributed by atoms with Gasteiger partial charge in [-0.2, -0.15) is 24.9 Å². The number of nitrogens with one attached hydrogen (secondary N) is 1. The SMILES string of the molecule is CCC(C)(C)n1nnnc1[C@@H](c1cccc(C(F)(F)F)c1)[NH+]1CCSCC1. The fourth-order valence-electron chi connectivity index (χ4n) is 3.34. The van der Waals surface area contributed by atoms with E-state index in [1.807, 2.05) is 25.6 Å². The smallest absolute Gasteiger partial charge is 0.321 e. The maximum Gasteiger partial charge on any atom is 0.416 e. The maximum absolute atomic E-state index is 13.3. The predicted molar refractivity (Wildman–Crippen MR) is 98.7 cm³/mol. The average molecular weight is 400 g/mol. The molecule has 1 atom stereocenters. The molecule has 1 aliphatic heterocycles. The Labute approximate surface area is 161 Å². The minimum absolute atomic E-state index is 0.317. The second kappa shape index (κ2) is 7.79. The molecular formula is C18H25F3N5S+. The molecule has 2 aromatic rings. The van der Waals surface area contributed by atoms with Crippen LogP contribution in [0.3, 0.4) is 0 Å². The van der Waals surface area contributed by atoms with E-state index in [9.17, 15) is 13.2 Å². The van der Waals surface area contributed by atoms with Gasteiger partial charge in [0, 0.05) is 17.1 Å². The number of nitrogens with zero attached hydrogens (tertiary/aromatic N) is 4. The lowest BCUT2D eigenvalue weighted by atomic mass is 9.98. The summed E-state index contributed by atoms with van der Waals surface area (Å²) in [6, 6.07) is 5.27. The van der Waals surface area contributed by atoms with Crippen LogP contribution in [0.25, 0.3) is 0 Å². The molecule has 1 fully saturated rings. The number of benzene rings is 1. The zero-order valence-electron chi connectivity index (χ0n) is 15.8. The van der Waals surface area contributed by atoms with Gasteiger partial charge in [-0.25, -0.2) is 4.68 Å². The third-order valence-corrected chi connectivity index (χ3v) is 6.27. The standard InChI is InChI=1S/C18H24F3N5S/c1-4-17(2,3)26-16(22-23-24-26)15(25-8-10-27-11-9-25)13-6-5-7-14(12-13)18(19,20)21/h5-7,12,15H,4,8-11H2,1-3H3/p+1/t15-/m1/s1. The van der Waals surface area contributed by atoms with Gasteiger partial charge < -0.3 is 4.90 Å². The number of quaternary nitrogens is 1. The van der Waals surface area contributed by atoms with Gasteiger partial charge in [-0.15, -0.1) is 5.10 Å². The third-order valence-electron chi connectivity index (χ3n) is 5.28. The minimum atomic E-state index is -4.37. The summed E-state index contributed by atoms with van der Waals surface area (Å²) < 4.78 is 41.6. The number of rotatable bonds is 5. The Morgan fingerprint density at radius 2 is 1.93 bits per heavy atom. The molecule has 9 heteroatoms. The molecule has 5 nitrogen and oxygen atoms in total. The topological polar surface area (TPSA) is 48.0 Å². The Morgan fingerprint density at radius 3 is 2.56 bits per heavy atom. The quantitative estimate of drug-likeness (QED) is 0.838. The van der Waals surface area contributed by atoms with Crippen molar-refractivity contribution in [3.05, 3.63) is 41.2 Å². The first-order valence-corrected chi connectivity index (χ1v) is 10.3. The summed E-state index contributed by atoms with van der Waals surface area (Å²) in [4.78, 5) is 1.20. The second-order valence-corrected chi connectivity index (χ2v) is 8.67. The third kappa shape index (κ3) is 4.29. The van der Waals surface area contributed by atoms with Crippen molar-refractivity contribution >= 4 is 11.8 Å². The zero-order chi connectivity index (χ0) is 19.7. The highest BCUT2D eigenvalue weighted by Crippen LogP contribution is 2.32. The van der Waals surface area contributed by atoms with E-state index >= 15 is 0 Å². The molecule has 0 aliphatic carbocycles. The van der Waals surface area contributed by atoms with Crippen LogP contribution in [0, 0.1) is 0 Å². The predicted octanol–water partition coefficient (Wildman–Crippen LogP) is 2.56. The molecule has 1 aliphatic rings. The van der Waals surface area contributed by atoms with Crippen molar-refractivity contribution in [1.29, 1.82) is 0 Å². The Bertz CT molecular complexity index is 768. The van der Waals surface area contributed by atoms with Crippen LogP contribution in [0.15, 0.2) is 24.3 Å². The maximum atomic E-state index is 13.3. The van der Waals surface area contributed by atoms with Crippen molar-refractivity contribution in [3.63, 3.8) is 0 Å². The van der Waals surface area contributed by atoms with Gasteiger partial charge in [-0.05, 0) is 42.8 Å². The Kier molecular flexibility index (Phi) is 5.81. The van der Waals surface area contributed by atoms with E-state index < -0.39 is 11.7 Å². The van der Waals surface area contributed by atoms with Crippen LogP contribution in [0.4, 0.5) is 13.2 Å². The molecule has 27 heavy (non-hydrogen) atoms. The zero-order valence-corrected chi connectivity index (χ0v) is 16.6. The highest BCUT2D eigenvalue weighted by Gasteiger charge is 2.38. The number of thioether (sulfide) groups is 1. The first-order chi connectivity index (χ1) is 12.7. The van der Waals surface area contributed by atoms with Crippen molar-refractivity contribution in [1.82, 2.24) is 20.2 Å². The van der Waals surface area contributed by atoms with Crippen LogP contribution in [-0.4, -0.2) is 44.8 Å². The van der Waals surface area contributed by atoms with E-state index in [2.05, 4.69) is 22.4 Å². The van der Waals surface area contributed by atoms with Crippen LogP contribution < -0.4 is 4.90 Å². The van der Waals surface area contributed by atoms with Gasteiger partial charge in [0.15, 0.2) is 6.04 Å². The minimum Gasteiger partial charge on any atom is -0.321 e. The van der Waals surface area contributed by atoms with Crippen molar-refractivity contribution in [3.8, 4) is 0 Å².